The number of nitrogens with one attached hydrogen (secondary N) is 1. The van der Waals surface area contributed by atoms with E-state index in [9.17, 15) is 19.2 Å². The molecule has 1 aliphatic heterocycles. The molecule has 0 aromatic heterocycles. The number of benzene rings is 1. The van der Waals surface area contributed by atoms with Crippen LogP contribution in [0.4, 0.5) is 5.69 Å². The average molecular weight is 396 g/mol. The Morgan fingerprint density at radius 1 is 1.00 bits per heavy atom. The van der Waals surface area contributed by atoms with Crippen LogP contribution in [0.2, 0.25) is 5.02 Å². The summed E-state index contributed by atoms with van der Waals surface area (Å²) in [5.74, 6) is -1.27. The molecule has 1 N–H and O–H groups in total. The third-order valence-corrected chi connectivity index (χ3v) is 4.36. The highest BCUT2D eigenvalue weighted by molar-refractivity contribution is 6.30. The highest BCUT2D eigenvalue weighted by Gasteiger charge is 2.22. The molecule has 1 aromatic carbocycles. The maximum absolute atomic E-state index is 12.1. The second-order valence-corrected chi connectivity index (χ2v) is 6.54. The largest absolute Gasteiger partial charge is 0.456 e. The SMILES string of the molecule is CC(=O)N1CCN(C(=O)CCC(=O)OCC(=O)Nc2ccc(Cl)cc2)CC1. The fourth-order valence-electron chi connectivity index (χ4n) is 2.59. The van der Waals surface area contributed by atoms with Gasteiger partial charge in [0.25, 0.3) is 5.91 Å². The Bertz CT molecular complexity index is 699. The summed E-state index contributed by atoms with van der Waals surface area (Å²) in [4.78, 5) is 50.2. The summed E-state index contributed by atoms with van der Waals surface area (Å²) >= 11 is 5.76. The van der Waals surface area contributed by atoms with Gasteiger partial charge in [-0.25, -0.2) is 0 Å². The van der Waals surface area contributed by atoms with Crippen LogP contribution in [0, 0.1) is 0 Å². The summed E-state index contributed by atoms with van der Waals surface area (Å²) < 4.78 is 4.89. The molecule has 1 fully saturated rings. The second kappa shape index (κ2) is 9.91. The zero-order valence-corrected chi connectivity index (χ0v) is 15.8. The number of carbonyl (C=O) groups is 4. The molecule has 0 aliphatic carbocycles. The smallest absolute Gasteiger partial charge is 0.306 e. The lowest BCUT2D eigenvalue weighted by atomic mass is 10.2. The van der Waals surface area contributed by atoms with Crippen molar-refractivity contribution in [2.75, 3.05) is 38.1 Å². The fraction of sp³-hybridized carbons (Fsp3) is 0.444. The van der Waals surface area contributed by atoms with Crippen molar-refractivity contribution in [3.63, 3.8) is 0 Å². The third-order valence-electron chi connectivity index (χ3n) is 4.11. The van der Waals surface area contributed by atoms with Crippen molar-refractivity contribution in [2.45, 2.75) is 19.8 Å². The Hall–Kier alpha value is -2.61. The monoisotopic (exact) mass is 395 g/mol. The fourth-order valence-corrected chi connectivity index (χ4v) is 2.71. The zero-order valence-electron chi connectivity index (χ0n) is 15.1. The van der Waals surface area contributed by atoms with Gasteiger partial charge in [-0.2, -0.15) is 0 Å². The third kappa shape index (κ3) is 6.90. The van der Waals surface area contributed by atoms with Crippen molar-refractivity contribution in [2.24, 2.45) is 0 Å². The summed E-state index contributed by atoms with van der Waals surface area (Å²) in [6.45, 7) is 2.98. The number of piperazine rings is 1. The Morgan fingerprint density at radius 3 is 2.19 bits per heavy atom. The van der Waals surface area contributed by atoms with E-state index < -0.39 is 18.5 Å². The van der Waals surface area contributed by atoms with E-state index >= 15 is 0 Å². The van der Waals surface area contributed by atoms with Crippen LogP contribution in [-0.2, 0) is 23.9 Å². The summed E-state index contributed by atoms with van der Waals surface area (Å²) in [7, 11) is 0. The van der Waals surface area contributed by atoms with Gasteiger partial charge in [0.15, 0.2) is 6.61 Å². The van der Waals surface area contributed by atoms with Gasteiger partial charge in [0.05, 0.1) is 6.42 Å². The van der Waals surface area contributed by atoms with Crippen LogP contribution >= 0.6 is 11.6 Å². The predicted molar refractivity (Wildman–Crippen MR) is 99.1 cm³/mol. The van der Waals surface area contributed by atoms with Gasteiger partial charge in [-0.15, -0.1) is 0 Å². The Morgan fingerprint density at radius 2 is 1.59 bits per heavy atom. The number of ether oxygens (including phenoxy) is 1. The first-order valence-electron chi connectivity index (χ1n) is 8.59. The molecule has 1 aliphatic rings. The number of carbonyl (C=O) groups excluding carboxylic acids is 4. The Kier molecular flexibility index (Phi) is 7.60. The van der Waals surface area contributed by atoms with Crippen molar-refractivity contribution in [3.8, 4) is 0 Å². The van der Waals surface area contributed by atoms with Crippen molar-refractivity contribution >= 4 is 41.0 Å². The molecule has 8 nitrogen and oxygen atoms in total. The molecule has 3 amide bonds. The topological polar surface area (TPSA) is 96.0 Å². The van der Waals surface area contributed by atoms with E-state index in [4.69, 9.17) is 16.3 Å². The number of halogens is 1. The van der Waals surface area contributed by atoms with Crippen LogP contribution in [0.5, 0.6) is 0 Å². The zero-order chi connectivity index (χ0) is 19.8. The van der Waals surface area contributed by atoms with Gasteiger partial charge >= 0.3 is 5.97 Å². The summed E-state index contributed by atoms with van der Waals surface area (Å²) in [5, 5.41) is 3.12. The number of esters is 1. The molecule has 9 heteroatoms. The molecule has 2 rings (SSSR count). The van der Waals surface area contributed by atoms with Crippen LogP contribution in [0.1, 0.15) is 19.8 Å². The molecule has 1 heterocycles. The second-order valence-electron chi connectivity index (χ2n) is 6.10. The molecule has 27 heavy (non-hydrogen) atoms. The van der Waals surface area contributed by atoms with Gasteiger partial charge in [-0.3, -0.25) is 19.2 Å². The summed E-state index contributed by atoms with van der Waals surface area (Å²) in [5.41, 5.74) is 0.542. The minimum absolute atomic E-state index is 0.0115. The van der Waals surface area contributed by atoms with Crippen molar-refractivity contribution in [3.05, 3.63) is 29.3 Å². The minimum Gasteiger partial charge on any atom is -0.456 e. The van der Waals surface area contributed by atoms with Crippen molar-refractivity contribution in [1.29, 1.82) is 0 Å². The van der Waals surface area contributed by atoms with E-state index in [1.54, 1.807) is 34.1 Å². The van der Waals surface area contributed by atoms with E-state index in [1.807, 2.05) is 0 Å². The Balaban J connectivity index is 1.64. The molecular weight excluding hydrogens is 374 g/mol. The lowest BCUT2D eigenvalue weighted by molar-refractivity contribution is -0.149. The molecule has 1 aromatic rings. The van der Waals surface area contributed by atoms with Gasteiger partial charge in [0.1, 0.15) is 0 Å². The number of hydrogen-bond donors (Lipinski definition) is 1. The van der Waals surface area contributed by atoms with Gasteiger partial charge in [-0.05, 0) is 24.3 Å². The molecule has 0 saturated carbocycles. The lowest BCUT2D eigenvalue weighted by Crippen LogP contribution is -2.50. The first-order valence-corrected chi connectivity index (χ1v) is 8.97. The van der Waals surface area contributed by atoms with Crippen molar-refractivity contribution < 1.29 is 23.9 Å². The molecule has 0 atom stereocenters. The van der Waals surface area contributed by atoms with E-state index in [2.05, 4.69) is 5.32 Å². The predicted octanol–water partition coefficient (Wildman–Crippen LogP) is 1.29. The number of rotatable bonds is 6. The molecule has 1 saturated heterocycles. The quantitative estimate of drug-likeness (QED) is 0.732. The minimum atomic E-state index is -0.614. The first kappa shape index (κ1) is 20.7. The lowest BCUT2D eigenvalue weighted by Gasteiger charge is -2.34. The van der Waals surface area contributed by atoms with Gasteiger partial charge in [-0.1, -0.05) is 11.6 Å². The first-order chi connectivity index (χ1) is 12.8. The average Bonchev–Trinajstić information content (AvgIpc) is 2.66. The van der Waals surface area contributed by atoms with Crippen LogP contribution in [0.25, 0.3) is 0 Å². The van der Waals surface area contributed by atoms with E-state index in [-0.39, 0.29) is 24.7 Å². The van der Waals surface area contributed by atoms with Gasteiger partial charge < -0.3 is 19.9 Å². The maximum atomic E-state index is 12.1. The Labute approximate surface area is 162 Å². The van der Waals surface area contributed by atoms with Crippen molar-refractivity contribution in [1.82, 2.24) is 9.80 Å². The number of hydrogen-bond acceptors (Lipinski definition) is 5. The molecule has 0 unspecified atom stereocenters. The van der Waals surface area contributed by atoms with E-state index in [0.29, 0.717) is 36.9 Å². The van der Waals surface area contributed by atoms with Crippen LogP contribution in [0.3, 0.4) is 0 Å². The molecule has 146 valence electrons. The number of anilines is 1. The van der Waals surface area contributed by atoms with Crippen LogP contribution in [0.15, 0.2) is 24.3 Å². The molecular formula is C18H22ClN3O5. The number of amides is 3. The number of nitrogens with zero attached hydrogens (tertiary/aromatic N) is 2. The molecule has 0 bridgehead atoms. The highest BCUT2D eigenvalue weighted by atomic mass is 35.5. The van der Waals surface area contributed by atoms with E-state index in [1.165, 1.54) is 6.92 Å². The van der Waals surface area contributed by atoms with Gasteiger partial charge in [0.2, 0.25) is 11.8 Å². The maximum Gasteiger partial charge on any atom is 0.306 e. The summed E-state index contributed by atoms with van der Waals surface area (Å²) in [6.07, 6.45) is -0.0856. The van der Waals surface area contributed by atoms with E-state index in [0.717, 1.165) is 0 Å². The molecule has 0 spiro atoms. The van der Waals surface area contributed by atoms with Crippen LogP contribution < -0.4 is 5.32 Å². The van der Waals surface area contributed by atoms with Gasteiger partial charge in [0, 0.05) is 50.2 Å². The summed E-state index contributed by atoms with van der Waals surface area (Å²) in [6, 6.07) is 6.52. The normalized spacial score (nSPS) is 13.9. The van der Waals surface area contributed by atoms with Crippen LogP contribution in [-0.4, -0.2) is 66.3 Å². The molecule has 0 radical (unpaired) electrons. The highest BCUT2D eigenvalue weighted by Crippen LogP contribution is 2.13. The standard InChI is InChI=1S/C18H22ClN3O5/c1-13(23)21-8-10-22(11-9-21)17(25)6-7-18(26)27-12-16(24)20-15-4-2-14(19)3-5-15/h2-5H,6-12H2,1H3,(H,20,24).